The normalized spacial score (nSPS) is 14.9. The molecule has 1 aliphatic heterocycles. The van der Waals surface area contributed by atoms with Gasteiger partial charge in [-0.3, -0.25) is 9.36 Å². The number of halogens is 1. The number of carbonyl (C=O) groups excluding carboxylic acids is 1. The molecule has 0 unspecified atom stereocenters. The molecule has 0 N–H and O–H groups in total. The molecule has 3 aromatic carbocycles. The number of esters is 1. The van der Waals surface area contributed by atoms with Gasteiger partial charge >= 0.3 is 5.97 Å². The van der Waals surface area contributed by atoms with Crippen LogP contribution in [0.1, 0.15) is 36.6 Å². The van der Waals surface area contributed by atoms with Crippen molar-refractivity contribution in [3.8, 4) is 11.5 Å². The SMILES string of the molecule is CCOc1cc(/C=c2\sc3n(c2=O)[C@H](c2ccccc2)C(C(=O)OC)=C(C)N=3)ccc1OCc1ccccc1Cl. The van der Waals surface area contributed by atoms with E-state index >= 15 is 0 Å². The number of nitrogens with zero attached hydrogens (tertiary/aromatic N) is 2. The average Bonchev–Trinajstić information content (AvgIpc) is 3.26. The van der Waals surface area contributed by atoms with Gasteiger partial charge in [-0.25, -0.2) is 9.79 Å². The molecule has 0 bridgehead atoms. The standard InChI is InChI=1S/C31H27ClN2O5S/c1-4-38-25-16-20(14-15-24(25)39-18-22-12-8-9-13-23(22)32)17-26-29(35)34-28(21-10-6-5-7-11-21)27(30(36)37-3)19(2)33-31(34)40-26/h5-17,28H,4,18H2,1-3H3/b26-17-/t28-/m1/s1. The summed E-state index contributed by atoms with van der Waals surface area (Å²) in [7, 11) is 1.33. The van der Waals surface area contributed by atoms with E-state index < -0.39 is 12.0 Å². The fourth-order valence-electron chi connectivity index (χ4n) is 4.57. The molecule has 0 fully saturated rings. The number of rotatable bonds is 8. The Kier molecular flexibility index (Phi) is 8.19. The van der Waals surface area contributed by atoms with Gasteiger partial charge in [-0.05, 0) is 49.2 Å². The van der Waals surface area contributed by atoms with Crippen molar-refractivity contribution in [3.63, 3.8) is 0 Å². The molecular weight excluding hydrogens is 548 g/mol. The summed E-state index contributed by atoms with van der Waals surface area (Å²) < 4.78 is 19.0. The van der Waals surface area contributed by atoms with Crippen molar-refractivity contribution in [2.75, 3.05) is 13.7 Å². The Morgan fingerprint density at radius 3 is 2.52 bits per heavy atom. The lowest BCUT2D eigenvalue weighted by Crippen LogP contribution is -2.39. The molecule has 0 saturated carbocycles. The van der Waals surface area contributed by atoms with E-state index in [0.717, 1.165) is 16.7 Å². The summed E-state index contributed by atoms with van der Waals surface area (Å²) in [5, 5.41) is 0.631. The number of ether oxygens (including phenoxy) is 3. The van der Waals surface area contributed by atoms with Gasteiger partial charge in [-0.1, -0.05) is 77.5 Å². The zero-order chi connectivity index (χ0) is 28.2. The van der Waals surface area contributed by atoms with Gasteiger partial charge in [0.1, 0.15) is 6.61 Å². The number of hydrogen-bond acceptors (Lipinski definition) is 7. The number of allylic oxidation sites excluding steroid dienone is 1. The second-order valence-electron chi connectivity index (χ2n) is 9.00. The van der Waals surface area contributed by atoms with Crippen LogP contribution in [-0.4, -0.2) is 24.3 Å². The molecular formula is C31H27ClN2O5S. The van der Waals surface area contributed by atoms with Crippen LogP contribution in [-0.2, 0) is 16.1 Å². The minimum atomic E-state index is -0.647. The lowest BCUT2D eigenvalue weighted by molar-refractivity contribution is -0.136. The quantitative estimate of drug-likeness (QED) is 0.276. The Bertz CT molecular complexity index is 1780. The smallest absolute Gasteiger partial charge is 0.338 e. The molecule has 40 heavy (non-hydrogen) atoms. The number of thiazole rings is 1. The highest BCUT2D eigenvalue weighted by molar-refractivity contribution is 7.07. The van der Waals surface area contributed by atoms with Gasteiger partial charge in [0.15, 0.2) is 16.3 Å². The molecule has 204 valence electrons. The highest BCUT2D eigenvalue weighted by atomic mass is 35.5. The Morgan fingerprint density at radius 2 is 1.80 bits per heavy atom. The van der Waals surface area contributed by atoms with E-state index in [9.17, 15) is 9.59 Å². The lowest BCUT2D eigenvalue weighted by Gasteiger charge is -2.24. The van der Waals surface area contributed by atoms with Gasteiger partial charge in [-0.2, -0.15) is 0 Å². The summed E-state index contributed by atoms with van der Waals surface area (Å²) in [6.07, 6.45) is 1.80. The second kappa shape index (κ2) is 11.9. The Labute approximate surface area is 240 Å². The van der Waals surface area contributed by atoms with E-state index in [4.69, 9.17) is 25.8 Å². The van der Waals surface area contributed by atoms with Crippen LogP contribution in [0.25, 0.3) is 6.08 Å². The summed E-state index contributed by atoms with van der Waals surface area (Å²) >= 11 is 7.54. The number of aromatic nitrogens is 1. The van der Waals surface area contributed by atoms with Gasteiger partial charge in [0.25, 0.3) is 5.56 Å². The summed E-state index contributed by atoms with van der Waals surface area (Å²) in [5.41, 5.74) is 3.04. The van der Waals surface area contributed by atoms with Gasteiger partial charge < -0.3 is 14.2 Å². The summed E-state index contributed by atoms with van der Waals surface area (Å²) in [5.74, 6) is 0.614. The molecule has 5 rings (SSSR count). The van der Waals surface area contributed by atoms with Crippen LogP contribution in [0.5, 0.6) is 11.5 Å². The third-order valence-corrected chi connectivity index (χ3v) is 7.80. The van der Waals surface area contributed by atoms with Crippen molar-refractivity contribution >= 4 is 35.0 Å². The molecule has 4 aromatic rings. The molecule has 1 aliphatic rings. The first-order chi connectivity index (χ1) is 19.4. The Balaban J connectivity index is 1.55. The van der Waals surface area contributed by atoms with E-state index in [1.165, 1.54) is 18.4 Å². The first kappa shape index (κ1) is 27.4. The van der Waals surface area contributed by atoms with E-state index in [2.05, 4.69) is 4.99 Å². The molecule has 0 spiro atoms. The third kappa shape index (κ3) is 5.46. The highest BCUT2D eigenvalue weighted by Gasteiger charge is 2.32. The molecule has 0 saturated heterocycles. The first-order valence-electron chi connectivity index (χ1n) is 12.7. The zero-order valence-electron chi connectivity index (χ0n) is 22.2. The van der Waals surface area contributed by atoms with Crippen molar-refractivity contribution in [2.24, 2.45) is 4.99 Å². The van der Waals surface area contributed by atoms with Crippen molar-refractivity contribution in [1.82, 2.24) is 4.57 Å². The summed E-state index contributed by atoms with van der Waals surface area (Å²) in [4.78, 5) is 31.7. The molecule has 0 aliphatic carbocycles. The number of benzene rings is 3. The van der Waals surface area contributed by atoms with Crippen LogP contribution in [0, 0.1) is 0 Å². The maximum atomic E-state index is 13.8. The Hall–Kier alpha value is -4.14. The molecule has 9 heteroatoms. The van der Waals surface area contributed by atoms with Crippen molar-refractivity contribution < 1.29 is 19.0 Å². The van der Waals surface area contributed by atoms with Gasteiger partial charge in [-0.15, -0.1) is 0 Å². The maximum Gasteiger partial charge on any atom is 0.338 e. The molecule has 1 atom stereocenters. The fourth-order valence-corrected chi connectivity index (χ4v) is 5.80. The zero-order valence-corrected chi connectivity index (χ0v) is 23.8. The molecule has 2 heterocycles. The number of hydrogen-bond donors (Lipinski definition) is 0. The largest absolute Gasteiger partial charge is 0.490 e. The lowest BCUT2D eigenvalue weighted by atomic mass is 9.96. The van der Waals surface area contributed by atoms with Crippen LogP contribution in [0.4, 0.5) is 0 Å². The minimum Gasteiger partial charge on any atom is -0.490 e. The van der Waals surface area contributed by atoms with Crippen LogP contribution in [0.2, 0.25) is 5.02 Å². The molecule has 7 nitrogen and oxygen atoms in total. The average molecular weight is 575 g/mol. The van der Waals surface area contributed by atoms with Crippen LogP contribution in [0.15, 0.2) is 93.9 Å². The summed E-state index contributed by atoms with van der Waals surface area (Å²) in [6.45, 7) is 4.39. The highest BCUT2D eigenvalue weighted by Crippen LogP contribution is 2.32. The first-order valence-corrected chi connectivity index (χ1v) is 13.9. The minimum absolute atomic E-state index is 0.247. The number of methoxy groups -OCH3 is 1. The second-order valence-corrected chi connectivity index (χ2v) is 10.4. The van der Waals surface area contributed by atoms with E-state index in [1.807, 2.05) is 79.7 Å². The molecule has 0 amide bonds. The van der Waals surface area contributed by atoms with Gasteiger partial charge in [0.05, 0.1) is 35.6 Å². The van der Waals surface area contributed by atoms with Crippen LogP contribution in [0.3, 0.4) is 0 Å². The van der Waals surface area contributed by atoms with Crippen molar-refractivity contribution in [2.45, 2.75) is 26.5 Å². The maximum absolute atomic E-state index is 13.8. The topological polar surface area (TPSA) is 79.1 Å². The number of carbonyl (C=O) groups is 1. The van der Waals surface area contributed by atoms with Gasteiger partial charge in [0.2, 0.25) is 0 Å². The van der Waals surface area contributed by atoms with Crippen molar-refractivity contribution in [1.29, 1.82) is 0 Å². The monoisotopic (exact) mass is 574 g/mol. The predicted molar refractivity (Wildman–Crippen MR) is 156 cm³/mol. The fraction of sp³-hybridized carbons (Fsp3) is 0.194. The van der Waals surface area contributed by atoms with E-state index in [0.29, 0.717) is 50.3 Å². The Morgan fingerprint density at radius 1 is 1.05 bits per heavy atom. The molecule has 0 radical (unpaired) electrons. The van der Waals surface area contributed by atoms with Crippen LogP contribution < -0.4 is 24.4 Å². The van der Waals surface area contributed by atoms with E-state index in [1.54, 1.807) is 17.6 Å². The predicted octanol–water partition coefficient (Wildman–Crippen LogP) is 5.04. The van der Waals surface area contributed by atoms with Crippen molar-refractivity contribution in [3.05, 3.63) is 125 Å². The van der Waals surface area contributed by atoms with E-state index in [-0.39, 0.29) is 5.56 Å². The van der Waals surface area contributed by atoms with Gasteiger partial charge in [0, 0.05) is 10.6 Å². The van der Waals surface area contributed by atoms with Crippen LogP contribution >= 0.6 is 22.9 Å². The third-order valence-electron chi connectivity index (χ3n) is 6.45. The molecule has 1 aromatic heterocycles. The number of fused-ring (bicyclic) bond motifs is 1. The summed E-state index contributed by atoms with van der Waals surface area (Å²) in [6, 6.07) is 21.8.